The molecule has 5 heteroatoms. The van der Waals surface area contributed by atoms with Crippen molar-refractivity contribution in [2.75, 3.05) is 13.2 Å². The zero-order valence-corrected chi connectivity index (χ0v) is 10.5. The summed E-state index contributed by atoms with van der Waals surface area (Å²) in [6.07, 6.45) is 1.57. The van der Waals surface area contributed by atoms with E-state index in [9.17, 15) is 4.79 Å². The molecule has 0 radical (unpaired) electrons. The first kappa shape index (κ1) is 13.5. The molecule has 0 saturated heterocycles. The highest BCUT2D eigenvalue weighted by atomic mass is 28.3. The minimum atomic E-state index is -1.69. The Morgan fingerprint density at radius 1 is 1.29 bits per heavy atom. The fourth-order valence-corrected chi connectivity index (χ4v) is 3.01. The third-order valence-electron chi connectivity index (χ3n) is 2.11. The van der Waals surface area contributed by atoms with Crippen molar-refractivity contribution in [1.29, 1.82) is 0 Å². The lowest BCUT2D eigenvalue weighted by Gasteiger charge is -2.23. The van der Waals surface area contributed by atoms with Gasteiger partial charge in [-0.25, -0.2) is 9.79 Å². The summed E-state index contributed by atoms with van der Waals surface area (Å²) in [7, 11) is -1.69. The van der Waals surface area contributed by atoms with E-state index in [0.29, 0.717) is 13.2 Å². The van der Waals surface area contributed by atoms with Crippen molar-refractivity contribution in [2.45, 2.75) is 39.3 Å². The highest BCUT2D eigenvalue weighted by Gasteiger charge is 2.26. The third-order valence-corrected chi connectivity index (χ3v) is 4.85. The van der Waals surface area contributed by atoms with Crippen LogP contribution in [-0.4, -0.2) is 34.6 Å². The minimum absolute atomic E-state index is 0.0673. The van der Waals surface area contributed by atoms with Crippen LogP contribution in [0.1, 0.15) is 27.7 Å². The van der Waals surface area contributed by atoms with Crippen molar-refractivity contribution in [3.63, 3.8) is 0 Å². The Labute approximate surface area is 87.2 Å². The van der Waals surface area contributed by atoms with Crippen LogP contribution in [0, 0.1) is 0 Å². The molecule has 2 unspecified atom stereocenters. The highest BCUT2D eigenvalue weighted by Crippen LogP contribution is 2.18. The molecule has 0 aliphatic heterocycles. The van der Waals surface area contributed by atoms with E-state index < -0.39 is 9.28 Å². The van der Waals surface area contributed by atoms with Gasteiger partial charge in [-0.2, -0.15) is 0 Å². The molecule has 0 bridgehead atoms. The molecule has 0 amide bonds. The van der Waals surface area contributed by atoms with Crippen molar-refractivity contribution in [3.8, 4) is 0 Å². The molecular weight excluding hydrogens is 198 g/mol. The zero-order chi connectivity index (χ0) is 11.0. The van der Waals surface area contributed by atoms with Crippen LogP contribution in [0.5, 0.6) is 0 Å². The maximum Gasteiger partial charge on any atom is 0.326 e. The van der Waals surface area contributed by atoms with Crippen molar-refractivity contribution in [2.24, 2.45) is 4.99 Å². The number of aliphatic imine (C=N–C) groups is 1. The molecule has 0 aromatic heterocycles. The average Bonchev–Trinajstić information content (AvgIpc) is 2.17. The smallest absolute Gasteiger partial charge is 0.326 e. The Hall–Kier alpha value is -0.483. The molecule has 82 valence electrons. The van der Waals surface area contributed by atoms with Crippen LogP contribution in [-0.2, 0) is 13.6 Å². The van der Waals surface area contributed by atoms with E-state index in [2.05, 4.69) is 4.99 Å². The summed E-state index contributed by atoms with van der Waals surface area (Å²) in [5.41, 5.74) is 0.191. The van der Waals surface area contributed by atoms with Gasteiger partial charge in [-0.15, -0.1) is 0 Å². The van der Waals surface area contributed by atoms with E-state index in [4.69, 9.17) is 8.85 Å². The molecular formula is C9H19NO3Si. The largest absolute Gasteiger partial charge is 0.397 e. The summed E-state index contributed by atoms with van der Waals surface area (Å²) in [6.45, 7) is 9.08. The van der Waals surface area contributed by atoms with Crippen LogP contribution in [0.15, 0.2) is 4.99 Å². The quantitative estimate of drug-likeness (QED) is 0.368. The maximum atomic E-state index is 10.1. The Morgan fingerprint density at radius 2 is 1.79 bits per heavy atom. The Morgan fingerprint density at radius 3 is 2.14 bits per heavy atom. The van der Waals surface area contributed by atoms with E-state index >= 15 is 0 Å². The van der Waals surface area contributed by atoms with Crippen LogP contribution >= 0.6 is 0 Å². The van der Waals surface area contributed by atoms with Crippen molar-refractivity contribution in [3.05, 3.63) is 0 Å². The molecule has 0 spiro atoms. The molecule has 0 aromatic rings. The van der Waals surface area contributed by atoms with Gasteiger partial charge in [0.25, 0.3) is 0 Å². The molecule has 0 heterocycles. The second kappa shape index (κ2) is 7.88. The summed E-state index contributed by atoms with van der Waals surface area (Å²) in [5.74, 6) is 0. The van der Waals surface area contributed by atoms with Crippen LogP contribution in [0.4, 0.5) is 0 Å². The Bertz CT molecular complexity index is 188. The highest BCUT2D eigenvalue weighted by molar-refractivity contribution is 6.46. The lowest BCUT2D eigenvalue weighted by Crippen LogP contribution is -2.32. The normalized spacial score (nSPS) is 14.9. The Kier molecular flexibility index (Phi) is 7.61. The number of carbonyl (C=O) groups excluding carboxylic acids is 1. The van der Waals surface area contributed by atoms with Crippen LogP contribution < -0.4 is 0 Å². The maximum absolute atomic E-state index is 10.1. The van der Waals surface area contributed by atoms with Gasteiger partial charge in [0, 0.05) is 18.8 Å². The first-order valence-electron chi connectivity index (χ1n) is 4.97. The monoisotopic (exact) mass is 217 g/mol. The molecule has 0 aliphatic carbocycles. The molecule has 0 aliphatic rings. The zero-order valence-electron chi connectivity index (χ0n) is 9.32. The van der Waals surface area contributed by atoms with E-state index in [-0.39, 0.29) is 11.6 Å². The van der Waals surface area contributed by atoms with E-state index in [1.807, 2.05) is 27.7 Å². The lowest BCUT2D eigenvalue weighted by molar-refractivity contribution is 0.202. The van der Waals surface area contributed by atoms with Crippen LogP contribution in [0.3, 0.4) is 0 Å². The van der Waals surface area contributed by atoms with Gasteiger partial charge in [0.15, 0.2) is 0 Å². The SMILES string of the molecule is CCO[SiH](OCC)C(C)C(C)N=C=O. The van der Waals surface area contributed by atoms with E-state index in [1.54, 1.807) is 6.08 Å². The molecule has 4 nitrogen and oxygen atoms in total. The summed E-state index contributed by atoms with van der Waals surface area (Å²) in [4.78, 5) is 13.8. The third kappa shape index (κ3) is 4.67. The van der Waals surface area contributed by atoms with Gasteiger partial charge in [0.05, 0.1) is 6.04 Å². The molecule has 0 saturated carbocycles. The van der Waals surface area contributed by atoms with Crippen molar-refractivity contribution < 1.29 is 13.6 Å². The average molecular weight is 217 g/mol. The predicted octanol–water partition coefficient (Wildman–Crippen LogP) is 1.39. The van der Waals surface area contributed by atoms with Gasteiger partial charge in [-0.05, 0) is 20.8 Å². The molecule has 2 atom stereocenters. The van der Waals surface area contributed by atoms with Crippen LogP contribution in [0.25, 0.3) is 0 Å². The number of rotatable bonds is 7. The van der Waals surface area contributed by atoms with Gasteiger partial charge >= 0.3 is 9.28 Å². The second-order valence-electron chi connectivity index (χ2n) is 3.10. The van der Waals surface area contributed by atoms with Gasteiger partial charge in [0.1, 0.15) is 0 Å². The van der Waals surface area contributed by atoms with Gasteiger partial charge in [-0.3, -0.25) is 0 Å². The fraction of sp³-hybridized carbons (Fsp3) is 0.889. The molecule has 0 aromatic carbocycles. The Balaban J connectivity index is 4.24. The number of isocyanates is 1. The first-order valence-corrected chi connectivity index (χ1v) is 6.58. The van der Waals surface area contributed by atoms with Gasteiger partial charge in [0.2, 0.25) is 6.08 Å². The molecule has 0 rings (SSSR count). The summed E-state index contributed by atoms with van der Waals surface area (Å²) >= 11 is 0. The van der Waals surface area contributed by atoms with Crippen molar-refractivity contribution in [1.82, 2.24) is 0 Å². The van der Waals surface area contributed by atoms with E-state index in [0.717, 1.165) is 0 Å². The van der Waals surface area contributed by atoms with E-state index in [1.165, 1.54) is 0 Å². The second-order valence-corrected chi connectivity index (χ2v) is 5.55. The number of nitrogens with zero attached hydrogens (tertiary/aromatic N) is 1. The fourth-order valence-electron chi connectivity index (χ4n) is 1.11. The summed E-state index contributed by atoms with van der Waals surface area (Å²) in [6, 6.07) is -0.0673. The molecule has 0 N–H and O–H groups in total. The van der Waals surface area contributed by atoms with Gasteiger partial charge < -0.3 is 8.85 Å². The molecule has 0 fully saturated rings. The number of hydrogen-bond donors (Lipinski definition) is 0. The summed E-state index contributed by atoms with van der Waals surface area (Å²) < 4.78 is 11.1. The van der Waals surface area contributed by atoms with Crippen molar-refractivity contribution >= 4 is 15.4 Å². The summed E-state index contributed by atoms with van der Waals surface area (Å²) in [5, 5.41) is 0. The standard InChI is InChI=1S/C9H19NO3Si/c1-5-12-14(13-6-2)9(4)8(3)10-7-11/h8-9,14H,5-6H2,1-4H3. The topological polar surface area (TPSA) is 47.9 Å². The lowest BCUT2D eigenvalue weighted by atomic mass is 10.3. The van der Waals surface area contributed by atoms with Gasteiger partial charge in [-0.1, -0.05) is 6.92 Å². The minimum Gasteiger partial charge on any atom is -0.397 e. The molecule has 14 heavy (non-hydrogen) atoms. The predicted molar refractivity (Wildman–Crippen MR) is 57.4 cm³/mol. The van der Waals surface area contributed by atoms with Crippen LogP contribution in [0.2, 0.25) is 5.54 Å². The number of hydrogen-bond acceptors (Lipinski definition) is 4. The first-order chi connectivity index (χ1) is 6.67.